The molecule has 0 aliphatic heterocycles. The van der Waals surface area contributed by atoms with Crippen molar-refractivity contribution in [3.8, 4) is 5.75 Å². The molecule has 0 fully saturated rings. The summed E-state index contributed by atoms with van der Waals surface area (Å²) in [7, 11) is 0. The molecule has 0 saturated heterocycles. The van der Waals surface area contributed by atoms with Crippen LogP contribution >= 0.6 is 15.9 Å². The minimum absolute atomic E-state index is 0.106. The molecule has 0 bridgehead atoms. The Labute approximate surface area is 104 Å². The van der Waals surface area contributed by atoms with E-state index in [4.69, 9.17) is 0 Å². The fourth-order valence-electron chi connectivity index (χ4n) is 1.02. The zero-order chi connectivity index (χ0) is 14.1. The van der Waals surface area contributed by atoms with Gasteiger partial charge in [0.15, 0.2) is 11.6 Å². The Bertz CT molecular complexity index is 442. The van der Waals surface area contributed by atoms with Gasteiger partial charge in [0.1, 0.15) is 5.56 Å². The van der Waals surface area contributed by atoms with Crippen molar-refractivity contribution < 1.29 is 35.5 Å². The molecule has 1 aromatic heterocycles. The molecular formula is C8H3BrF7NO. The lowest BCUT2D eigenvalue weighted by atomic mass is 10.2. The van der Waals surface area contributed by atoms with Crippen molar-refractivity contribution >= 4 is 15.9 Å². The minimum Gasteiger partial charge on any atom is -0.401 e. The van der Waals surface area contributed by atoms with Gasteiger partial charge in [0, 0.05) is 11.5 Å². The molecule has 0 radical (unpaired) electrons. The highest BCUT2D eigenvalue weighted by atomic mass is 79.9. The lowest BCUT2D eigenvalue weighted by Crippen LogP contribution is -2.21. The SMILES string of the molecule is Fc1c(C(F)(F)F)cnc(CBr)c1OC(F)(F)F. The predicted octanol–water partition coefficient (Wildman–Crippen LogP) is 4.03. The number of hydrogen-bond donors (Lipinski definition) is 0. The van der Waals surface area contributed by atoms with Crippen molar-refractivity contribution in [1.82, 2.24) is 4.98 Å². The van der Waals surface area contributed by atoms with Gasteiger partial charge in [-0.1, -0.05) is 15.9 Å². The van der Waals surface area contributed by atoms with Crippen LogP contribution in [0.1, 0.15) is 11.3 Å². The van der Waals surface area contributed by atoms with Gasteiger partial charge in [-0.3, -0.25) is 4.98 Å². The van der Waals surface area contributed by atoms with E-state index in [1.54, 1.807) is 0 Å². The number of aromatic nitrogens is 1. The Morgan fingerprint density at radius 3 is 2.11 bits per heavy atom. The fourth-order valence-corrected chi connectivity index (χ4v) is 1.42. The third kappa shape index (κ3) is 3.47. The van der Waals surface area contributed by atoms with E-state index in [-0.39, 0.29) is 6.20 Å². The zero-order valence-electron chi connectivity index (χ0n) is 8.16. The molecule has 0 amide bonds. The first-order valence-corrected chi connectivity index (χ1v) is 5.24. The number of halogens is 8. The molecule has 2 nitrogen and oxygen atoms in total. The summed E-state index contributed by atoms with van der Waals surface area (Å²) in [5.41, 5.74) is -2.55. The molecule has 102 valence electrons. The van der Waals surface area contributed by atoms with E-state index in [9.17, 15) is 30.7 Å². The summed E-state index contributed by atoms with van der Waals surface area (Å²) in [5.74, 6) is -3.74. The van der Waals surface area contributed by atoms with Gasteiger partial charge < -0.3 is 4.74 Å². The molecule has 0 aliphatic carbocycles. The molecular weight excluding hydrogens is 339 g/mol. The second kappa shape index (κ2) is 4.90. The largest absolute Gasteiger partial charge is 0.573 e. The van der Waals surface area contributed by atoms with Crippen LogP contribution < -0.4 is 4.74 Å². The van der Waals surface area contributed by atoms with Crippen LogP contribution in [0.25, 0.3) is 0 Å². The number of hydrogen-bond acceptors (Lipinski definition) is 2. The van der Waals surface area contributed by atoms with E-state index in [1.165, 1.54) is 0 Å². The first kappa shape index (κ1) is 15.0. The van der Waals surface area contributed by atoms with Crippen LogP contribution in [0.5, 0.6) is 5.75 Å². The third-order valence-corrected chi connectivity index (χ3v) is 2.23. The van der Waals surface area contributed by atoms with Gasteiger partial charge in [-0.25, -0.2) is 4.39 Å². The molecule has 0 N–H and O–H groups in total. The van der Waals surface area contributed by atoms with Crippen LogP contribution in [-0.2, 0) is 11.5 Å². The van der Waals surface area contributed by atoms with Crippen LogP contribution in [0, 0.1) is 5.82 Å². The molecule has 0 aliphatic rings. The minimum atomic E-state index is -5.32. The highest BCUT2D eigenvalue weighted by molar-refractivity contribution is 9.08. The van der Waals surface area contributed by atoms with Crippen LogP contribution in [0.4, 0.5) is 30.7 Å². The Balaban J connectivity index is 3.37. The summed E-state index contributed by atoms with van der Waals surface area (Å²) in [6, 6.07) is 0. The predicted molar refractivity (Wildman–Crippen MR) is 48.5 cm³/mol. The molecule has 10 heteroatoms. The van der Waals surface area contributed by atoms with Gasteiger partial charge >= 0.3 is 12.5 Å². The summed E-state index contributed by atoms with van der Waals surface area (Å²) in [6.45, 7) is 0. The van der Waals surface area contributed by atoms with Crippen molar-refractivity contribution in [2.24, 2.45) is 0 Å². The third-order valence-electron chi connectivity index (χ3n) is 1.70. The van der Waals surface area contributed by atoms with Crippen LogP contribution in [-0.4, -0.2) is 11.3 Å². The quantitative estimate of drug-likeness (QED) is 0.598. The molecule has 0 spiro atoms. The fraction of sp³-hybridized carbons (Fsp3) is 0.375. The Morgan fingerprint density at radius 1 is 1.17 bits per heavy atom. The number of rotatable bonds is 2. The summed E-state index contributed by atoms with van der Waals surface area (Å²) in [4.78, 5) is 3.08. The van der Waals surface area contributed by atoms with Gasteiger partial charge in [0.2, 0.25) is 0 Å². The second-order valence-corrected chi connectivity index (χ2v) is 3.50. The Kier molecular flexibility index (Phi) is 4.08. The maximum absolute atomic E-state index is 13.3. The topological polar surface area (TPSA) is 22.1 Å². The van der Waals surface area contributed by atoms with Crippen molar-refractivity contribution in [2.45, 2.75) is 17.9 Å². The summed E-state index contributed by atoms with van der Waals surface area (Å²) in [6.07, 6.45) is -10.4. The number of nitrogens with zero attached hydrogens (tertiary/aromatic N) is 1. The number of ether oxygens (including phenoxy) is 1. The second-order valence-electron chi connectivity index (χ2n) is 2.94. The monoisotopic (exact) mass is 341 g/mol. The highest BCUT2D eigenvalue weighted by Crippen LogP contribution is 2.37. The molecule has 0 saturated carbocycles. The van der Waals surface area contributed by atoms with Crippen molar-refractivity contribution in [2.75, 3.05) is 0 Å². The average molecular weight is 342 g/mol. The van der Waals surface area contributed by atoms with Crippen LogP contribution in [0.3, 0.4) is 0 Å². The normalized spacial score (nSPS) is 12.7. The maximum Gasteiger partial charge on any atom is 0.573 e. The molecule has 0 atom stereocenters. The lowest BCUT2D eigenvalue weighted by Gasteiger charge is -2.15. The Hall–Kier alpha value is -1.06. The number of pyridine rings is 1. The van der Waals surface area contributed by atoms with Crippen molar-refractivity contribution in [3.63, 3.8) is 0 Å². The van der Waals surface area contributed by atoms with Crippen molar-refractivity contribution in [1.29, 1.82) is 0 Å². The standard InChI is InChI=1S/C8H3BrF7NO/c9-1-4-6(18-8(14,15)16)5(10)3(2-17-4)7(11,12)13/h2H,1H2. The van der Waals surface area contributed by atoms with E-state index in [0.717, 1.165) is 0 Å². The van der Waals surface area contributed by atoms with E-state index in [2.05, 4.69) is 25.7 Å². The maximum atomic E-state index is 13.3. The smallest absolute Gasteiger partial charge is 0.401 e. The molecule has 18 heavy (non-hydrogen) atoms. The van der Waals surface area contributed by atoms with Gasteiger partial charge in [-0.05, 0) is 0 Å². The van der Waals surface area contributed by atoms with Gasteiger partial charge in [-0.15, -0.1) is 13.2 Å². The van der Waals surface area contributed by atoms with Gasteiger partial charge in [-0.2, -0.15) is 13.2 Å². The summed E-state index contributed by atoms with van der Waals surface area (Å²) in [5, 5.41) is -0.395. The first-order valence-electron chi connectivity index (χ1n) is 4.12. The van der Waals surface area contributed by atoms with E-state index >= 15 is 0 Å². The molecule has 1 aromatic rings. The zero-order valence-corrected chi connectivity index (χ0v) is 9.75. The highest BCUT2D eigenvalue weighted by Gasteiger charge is 2.40. The Morgan fingerprint density at radius 2 is 1.72 bits per heavy atom. The van der Waals surface area contributed by atoms with Crippen LogP contribution in [0.2, 0.25) is 0 Å². The van der Waals surface area contributed by atoms with Gasteiger partial charge in [0.25, 0.3) is 0 Å². The molecule has 0 aromatic carbocycles. The van der Waals surface area contributed by atoms with Gasteiger partial charge in [0.05, 0.1) is 5.69 Å². The van der Waals surface area contributed by atoms with E-state index in [1.807, 2.05) is 0 Å². The van der Waals surface area contributed by atoms with Crippen molar-refractivity contribution in [3.05, 3.63) is 23.3 Å². The molecule has 0 unspecified atom stereocenters. The first-order chi connectivity index (χ1) is 8.06. The summed E-state index contributed by atoms with van der Waals surface area (Å²) >= 11 is 2.67. The average Bonchev–Trinajstić information content (AvgIpc) is 2.17. The molecule has 1 rings (SSSR count). The van der Waals surface area contributed by atoms with E-state index in [0.29, 0.717) is 0 Å². The number of alkyl halides is 7. The van der Waals surface area contributed by atoms with Crippen LogP contribution in [0.15, 0.2) is 6.20 Å². The lowest BCUT2D eigenvalue weighted by molar-refractivity contribution is -0.276. The summed E-state index contributed by atoms with van der Waals surface area (Å²) < 4.78 is 89.2. The van der Waals surface area contributed by atoms with E-state index < -0.39 is 40.7 Å². The molecule has 1 heterocycles.